The van der Waals surface area contributed by atoms with Gasteiger partial charge in [-0.2, -0.15) is 5.10 Å². The second-order valence-electron chi connectivity index (χ2n) is 3.41. The number of nitrogens with zero attached hydrogens (tertiary/aromatic N) is 2. The lowest BCUT2D eigenvalue weighted by molar-refractivity contribution is 0.297. The van der Waals surface area contributed by atoms with E-state index in [4.69, 9.17) is 16.3 Å². The van der Waals surface area contributed by atoms with Gasteiger partial charge in [-0.25, -0.2) is 4.68 Å². The molecular weight excluding hydrogens is 202 g/mol. The van der Waals surface area contributed by atoms with E-state index < -0.39 is 0 Å². The SMILES string of the molecule is COc1cnn(C2CCCCN2)c1Cl. The number of halogens is 1. The van der Waals surface area contributed by atoms with Crippen LogP contribution in [0, 0.1) is 0 Å². The fraction of sp³-hybridized carbons (Fsp3) is 0.667. The van der Waals surface area contributed by atoms with Crippen LogP contribution in [-0.2, 0) is 0 Å². The Morgan fingerprint density at radius 3 is 3.07 bits per heavy atom. The van der Waals surface area contributed by atoms with Crippen LogP contribution in [0.15, 0.2) is 6.20 Å². The van der Waals surface area contributed by atoms with Crippen LogP contribution in [0.1, 0.15) is 25.4 Å². The Morgan fingerprint density at radius 1 is 1.64 bits per heavy atom. The summed E-state index contributed by atoms with van der Waals surface area (Å²) in [7, 11) is 1.60. The molecule has 1 fully saturated rings. The van der Waals surface area contributed by atoms with Crippen LogP contribution in [-0.4, -0.2) is 23.4 Å². The highest BCUT2D eigenvalue weighted by Gasteiger charge is 2.19. The molecule has 1 aliphatic rings. The van der Waals surface area contributed by atoms with Crippen LogP contribution in [0.3, 0.4) is 0 Å². The highest BCUT2D eigenvalue weighted by atomic mass is 35.5. The molecule has 5 heteroatoms. The summed E-state index contributed by atoms with van der Waals surface area (Å²) in [5.74, 6) is 0.638. The van der Waals surface area contributed by atoms with Crippen LogP contribution in [0.2, 0.25) is 5.15 Å². The van der Waals surface area contributed by atoms with Gasteiger partial charge in [0.1, 0.15) is 6.17 Å². The summed E-state index contributed by atoms with van der Waals surface area (Å²) < 4.78 is 6.86. The van der Waals surface area contributed by atoms with Crippen LogP contribution >= 0.6 is 11.6 Å². The van der Waals surface area contributed by atoms with Gasteiger partial charge in [0.05, 0.1) is 13.3 Å². The van der Waals surface area contributed by atoms with Crippen LogP contribution < -0.4 is 10.1 Å². The largest absolute Gasteiger partial charge is 0.492 e. The van der Waals surface area contributed by atoms with Gasteiger partial charge in [0.25, 0.3) is 0 Å². The van der Waals surface area contributed by atoms with E-state index >= 15 is 0 Å². The van der Waals surface area contributed by atoms with Gasteiger partial charge in [0.2, 0.25) is 0 Å². The zero-order chi connectivity index (χ0) is 9.97. The Labute approximate surface area is 88.2 Å². The minimum Gasteiger partial charge on any atom is -0.492 e. The minimum absolute atomic E-state index is 0.222. The second-order valence-corrected chi connectivity index (χ2v) is 3.77. The number of rotatable bonds is 2. The van der Waals surface area contributed by atoms with Gasteiger partial charge in [-0.05, 0) is 25.8 Å². The van der Waals surface area contributed by atoms with Crippen molar-refractivity contribution in [1.82, 2.24) is 15.1 Å². The van der Waals surface area contributed by atoms with E-state index in [0.29, 0.717) is 10.9 Å². The number of nitrogens with one attached hydrogen (secondary N) is 1. The number of piperidine rings is 1. The molecule has 0 spiro atoms. The molecule has 78 valence electrons. The summed E-state index contributed by atoms with van der Waals surface area (Å²) in [4.78, 5) is 0. The Bertz CT molecular complexity index is 307. The van der Waals surface area contributed by atoms with Crippen molar-refractivity contribution in [2.45, 2.75) is 25.4 Å². The third kappa shape index (κ3) is 1.72. The molecule has 0 radical (unpaired) electrons. The zero-order valence-corrected chi connectivity index (χ0v) is 8.92. The van der Waals surface area contributed by atoms with Crippen molar-refractivity contribution in [3.05, 3.63) is 11.3 Å². The Hall–Kier alpha value is -0.740. The number of hydrogen-bond acceptors (Lipinski definition) is 3. The van der Waals surface area contributed by atoms with Crippen LogP contribution in [0.4, 0.5) is 0 Å². The maximum atomic E-state index is 6.09. The molecule has 1 aliphatic heterocycles. The molecule has 1 N–H and O–H groups in total. The van der Waals surface area contributed by atoms with Crippen molar-refractivity contribution in [3.8, 4) is 5.75 Å². The standard InChI is InChI=1S/C9H14ClN3O/c1-14-7-6-12-13(9(7)10)8-4-2-3-5-11-8/h6,8,11H,2-5H2,1H3. The molecule has 0 aromatic carbocycles. The first-order valence-electron chi connectivity index (χ1n) is 4.83. The predicted molar refractivity (Wildman–Crippen MR) is 54.7 cm³/mol. The monoisotopic (exact) mass is 215 g/mol. The van der Waals surface area contributed by atoms with Gasteiger partial charge in [-0.1, -0.05) is 11.6 Å². The highest BCUT2D eigenvalue weighted by Crippen LogP contribution is 2.28. The lowest BCUT2D eigenvalue weighted by Gasteiger charge is -2.24. The van der Waals surface area contributed by atoms with Gasteiger partial charge < -0.3 is 4.74 Å². The molecule has 1 aromatic rings. The van der Waals surface area contributed by atoms with Gasteiger partial charge in [0, 0.05) is 0 Å². The summed E-state index contributed by atoms with van der Waals surface area (Å²) in [6, 6.07) is 0. The molecule has 1 unspecified atom stereocenters. The summed E-state index contributed by atoms with van der Waals surface area (Å²) in [5.41, 5.74) is 0. The topological polar surface area (TPSA) is 39.1 Å². The van der Waals surface area contributed by atoms with Gasteiger partial charge in [0.15, 0.2) is 10.9 Å². The fourth-order valence-electron chi connectivity index (χ4n) is 1.73. The van der Waals surface area contributed by atoms with E-state index in [2.05, 4.69) is 10.4 Å². The Morgan fingerprint density at radius 2 is 2.50 bits per heavy atom. The van der Waals surface area contributed by atoms with Crippen molar-refractivity contribution < 1.29 is 4.74 Å². The molecule has 4 nitrogen and oxygen atoms in total. The molecule has 0 amide bonds. The average Bonchev–Trinajstić information content (AvgIpc) is 2.61. The fourth-order valence-corrected chi connectivity index (χ4v) is 2.02. The Balaban J connectivity index is 2.18. The van der Waals surface area contributed by atoms with Crippen molar-refractivity contribution in [1.29, 1.82) is 0 Å². The number of aromatic nitrogens is 2. The molecule has 1 aromatic heterocycles. The van der Waals surface area contributed by atoms with Crippen molar-refractivity contribution >= 4 is 11.6 Å². The van der Waals surface area contributed by atoms with Crippen LogP contribution in [0.5, 0.6) is 5.75 Å². The predicted octanol–water partition coefficient (Wildman–Crippen LogP) is 1.82. The summed E-state index contributed by atoms with van der Waals surface area (Å²) in [5, 5.41) is 8.16. The smallest absolute Gasteiger partial charge is 0.175 e. The normalized spacial score (nSPS) is 22.3. The quantitative estimate of drug-likeness (QED) is 0.818. The third-order valence-corrected chi connectivity index (χ3v) is 2.86. The maximum Gasteiger partial charge on any atom is 0.175 e. The van der Waals surface area contributed by atoms with Crippen molar-refractivity contribution in [2.24, 2.45) is 0 Å². The summed E-state index contributed by atoms with van der Waals surface area (Å²) >= 11 is 6.09. The first kappa shape index (κ1) is 9.80. The molecule has 2 heterocycles. The third-order valence-electron chi connectivity index (χ3n) is 2.50. The summed E-state index contributed by atoms with van der Waals surface area (Å²) in [6.45, 7) is 1.03. The molecule has 1 saturated heterocycles. The van der Waals surface area contributed by atoms with Gasteiger partial charge >= 0.3 is 0 Å². The molecule has 0 bridgehead atoms. The molecule has 0 saturated carbocycles. The molecule has 0 aliphatic carbocycles. The van der Waals surface area contributed by atoms with Crippen LogP contribution in [0.25, 0.3) is 0 Å². The molecular formula is C9H14ClN3O. The molecule has 1 atom stereocenters. The zero-order valence-electron chi connectivity index (χ0n) is 8.16. The number of ether oxygens (including phenoxy) is 1. The summed E-state index contributed by atoms with van der Waals surface area (Å²) in [6.07, 6.45) is 5.39. The lowest BCUT2D eigenvalue weighted by atomic mass is 10.1. The van der Waals surface area contributed by atoms with E-state index in [9.17, 15) is 0 Å². The first-order valence-corrected chi connectivity index (χ1v) is 5.21. The van der Waals surface area contributed by atoms with Crippen molar-refractivity contribution in [2.75, 3.05) is 13.7 Å². The van der Waals surface area contributed by atoms with E-state index in [1.807, 2.05) is 0 Å². The molecule has 2 rings (SSSR count). The first-order chi connectivity index (χ1) is 6.83. The Kier molecular flexibility index (Phi) is 2.93. The van der Waals surface area contributed by atoms with Crippen molar-refractivity contribution in [3.63, 3.8) is 0 Å². The molecule has 14 heavy (non-hydrogen) atoms. The van der Waals surface area contributed by atoms with E-state index in [0.717, 1.165) is 13.0 Å². The lowest BCUT2D eigenvalue weighted by Crippen LogP contribution is -2.32. The highest BCUT2D eigenvalue weighted by molar-refractivity contribution is 6.31. The minimum atomic E-state index is 0.222. The average molecular weight is 216 g/mol. The van der Waals surface area contributed by atoms with E-state index in [1.54, 1.807) is 18.0 Å². The van der Waals surface area contributed by atoms with E-state index in [1.165, 1.54) is 12.8 Å². The van der Waals surface area contributed by atoms with Gasteiger partial charge in [-0.3, -0.25) is 5.32 Å². The van der Waals surface area contributed by atoms with Gasteiger partial charge in [-0.15, -0.1) is 0 Å². The number of hydrogen-bond donors (Lipinski definition) is 1. The van der Waals surface area contributed by atoms with E-state index in [-0.39, 0.29) is 6.17 Å². The maximum absolute atomic E-state index is 6.09. The number of methoxy groups -OCH3 is 1. The second kappa shape index (κ2) is 4.19.